The van der Waals surface area contributed by atoms with Gasteiger partial charge in [0.05, 0.1) is 11.4 Å². The van der Waals surface area contributed by atoms with Gasteiger partial charge in [0.1, 0.15) is 11.9 Å². The Morgan fingerprint density at radius 1 is 0.808 bits per heavy atom. The molecule has 0 aliphatic carbocycles. The molecule has 1 aliphatic heterocycles. The minimum absolute atomic E-state index is 0.164. The number of aryl methyl sites for hydroxylation is 1. The van der Waals surface area contributed by atoms with Gasteiger partial charge < -0.3 is 12.9 Å². The number of halogens is 1. The smallest absolute Gasteiger partial charge is 0.192 e. The Morgan fingerprint density at radius 3 is 2.31 bits per heavy atom. The van der Waals surface area contributed by atoms with Crippen LogP contribution in [-0.2, 0) is 0 Å². The van der Waals surface area contributed by atoms with Crippen LogP contribution in [0, 0.1) is 13.8 Å². The van der Waals surface area contributed by atoms with E-state index < -0.39 is 0 Å². The molecule has 1 aliphatic rings. The second kappa shape index (κ2) is 6.83. The van der Waals surface area contributed by atoms with Crippen molar-refractivity contribution >= 4 is 45.8 Å². The highest BCUT2D eigenvalue weighted by atomic mass is 127. The first-order valence-corrected chi connectivity index (χ1v) is 9.62. The maximum absolute atomic E-state index is 5.53. The number of nitrogens with zero attached hydrogens (tertiary/aromatic N) is 2. The lowest BCUT2D eigenvalue weighted by molar-refractivity contribution is 0.704. The van der Waals surface area contributed by atoms with E-state index in [4.69, 9.17) is 3.07 Å². The highest BCUT2D eigenvalue weighted by Gasteiger charge is 2.35. The third kappa shape index (κ3) is 2.72. The normalized spacial score (nSPS) is 15.9. The van der Waals surface area contributed by atoms with Crippen molar-refractivity contribution in [1.82, 2.24) is 0 Å². The van der Waals surface area contributed by atoms with Gasteiger partial charge in [0.2, 0.25) is 0 Å². The van der Waals surface area contributed by atoms with E-state index in [1.165, 1.54) is 28.3 Å². The zero-order valence-corrected chi connectivity index (χ0v) is 17.3. The van der Waals surface area contributed by atoms with Crippen molar-refractivity contribution in [2.24, 2.45) is 0 Å². The van der Waals surface area contributed by atoms with Gasteiger partial charge in [-0.1, -0.05) is 30.3 Å². The molecule has 4 rings (SSSR count). The van der Waals surface area contributed by atoms with Crippen LogP contribution in [0.25, 0.3) is 0 Å². The first-order valence-electron chi connectivity index (χ1n) is 8.74. The molecule has 26 heavy (non-hydrogen) atoms. The van der Waals surface area contributed by atoms with E-state index in [0.29, 0.717) is 0 Å². The molecule has 0 saturated heterocycles. The summed E-state index contributed by atoms with van der Waals surface area (Å²) in [4.78, 5) is 4.80. The minimum atomic E-state index is 0.164. The number of benzene rings is 3. The molecule has 1 atom stereocenters. The molecule has 0 bridgehead atoms. The Balaban J connectivity index is 1.91. The molecule has 3 aromatic carbocycles. The van der Waals surface area contributed by atoms with Crippen LogP contribution in [0.3, 0.4) is 0 Å². The summed E-state index contributed by atoms with van der Waals surface area (Å²) in [5, 5.41) is 0. The van der Waals surface area contributed by atoms with E-state index in [2.05, 4.69) is 91.2 Å². The molecule has 132 valence electrons. The molecule has 3 aromatic rings. The van der Waals surface area contributed by atoms with Crippen LogP contribution >= 0.6 is 23.0 Å². The monoisotopic (exact) mass is 456 g/mol. The van der Waals surface area contributed by atoms with Crippen molar-refractivity contribution in [3.8, 4) is 5.75 Å². The van der Waals surface area contributed by atoms with Crippen molar-refractivity contribution in [1.29, 1.82) is 0 Å². The molecule has 0 fully saturated rings. The predicted molar refractivity (Wildman–Crippen MR) is 117 cm³/mol. The van der Waals surface area contributed by atoms with Crippen LogP contribution in [0.4, 0.5) is 22.7 Å². The van der Waals surface area contributed by atoms with Gasteiger partial charge in [-0.2, -0.15) is 0 Å². The molecule has 0 aromatic heterocycles. The van der Waals surface area contributed by atoms with E-state index in [-0.39, 0.29) is 6.17 Å². The van der Waals surface area contributed by atoms with E-state index in [1.807, 2.05) is 29.1 Å². The Kier molecular flexibility index (Phi) is 4.53. The van der Waals surface area contributed by atoms with Crippen molar-refractivity contribution in [3.05, 3.63) is 77.9 Å². The van der Waals surface area contributed by atoms with Crippen LogP contribution in [0.5, 0.6) is 5.75 Å². The molecule has 1 heterocycles. The van der Waals surface area contributed by atoms with Crippen LogP contribution in [0.1, 0.15) is 18.1 Å². The van der Waals surface area contributed by atoms with Crippen LogP contribution < -0.4 is 12.9 Å². The molecular formula is C22H21IN2O. The summed E-state index contributed by atoms with van der Waals surface area (Å²) in [6.45, 7) is 6.51. The highest BCUT2D eigenvalue weighted by molar-refractivity contribution is 14.1. The van der Waals surface area contributed by atoms with Gasteiger partial charge in [-0.15, -0.1) is 0 Å². The maximum atomic E-state index is 5.53. The predicted octanol–water partition coefficient (Wildman–Crippen LogP) is 6.67. The van der Waals surface area contributed by atoms with Crippen molar-refractivity contribution in [2.45, 2.75) is 26.9 Å². The van der Waals surface area contributed by atoms with Gasteiger partial charge in [0.15, 0.2) is 23.0 Å². The maximum Gasteiger partial charge on any atom is 0.192 e. The lowest BCUT2D eigenvalue weighted by atomic mass is 10.1. The van der Waals surface area contributed by atoms with E-state index in [0.717, 1.165) is 11.3 Å². The Labute approximate surface area is 168 Å². The first-order chi connectivity index (χ1) is 12.6. The Bertz CT molecular complexity index is 942. The third-order valence-electron chi connectivity index (χ3n) is 5.03. The summed E-state index contributed by atoms with van der Waals surface area (Å²) in [6.07, 6.45) is 0.164. The van der Waals surface area contributed by atoms with E-state index >= 15 is 0 Å². The fraction of sp³-hybridized carbons (Fsp3) is 0.182. The molecule has 3 nitrogen and oxygen atoms in total. The van der Waals surface area contributed by atoms with Crippen molar-refractivity contribution in [3.63, 3.8) is 0 Å². The molecule has 0 saturated carbocycles. The highest BCUT2D eigenvalue weighted by Crippen LogP contribution is 2.49. The summed E-state index contributed by atoms with van der Waals surface area (Å²) >= 11 is 1.95. The molecule has 0 unspecified atom stereocenters. The minimum Gasteiger partial charge on any atom is -0.427 e. The van der Waals surface area contributed by atoms with Gasteiger partial charge in [-0.25, -0.2) is 0 Å². The number of hydrogen-bond acceptors (Lipinski definition) is 3. The largest absolute Gasteiger partial charge is 0.427 e. The average molecular weight is 456 g/mol. The van der Waals surface area contributed by atoms with E-state index in [1.54, 1.807) is 0 Å². The standard InChI is InChI=1S/C22H21IN2O/c1-15-12-13-20-21(14-15)24(18-8-5-4-6-9-18)17(3)25(20)19-10-7-11-22(26-23)16(19)2/h4-14,17H,1-3H3/t17-/m0/s1. The summed E-state index contributed by atoms with van der Waals surface area (Å²) in [5.41, 5.74) is 7.25. The molecule has 0 amide bonds. The summed E-state index contributed by atoms with van der Waals surface area (Å²) in [7, 11) is 0. The number of hydrogen-bond donors (Lipinski definition) is 0. The fourth-order valence-electron chi connectivity index (χ4n) is 3.77. The molecular weight excluding hydrogens is 435 g/mol. The molecule has 0 radical (unpaired) electrons. The van der Waals surface area contributed by atoms with Gasteiger partial charge in [0.25, 0.3) is 0 Å². The zero-order valence-electron chi connectivity index (χ0n) is 15.1. The lowest BCUT2D eigenvalue weighted by Crippen LogP contribution is -2.35. The third-order valence-corrected chi connectivity index (χ3v) is 5.50. The molecule has 4 heteroatoms. The van der Waals surface area contributed by atoms with Gasteiger partial charge in [-0.3, -0.25) is 0 Å². The van der Waals surface area contributed by atoms with Crippen LogP contribution in [0.2, 0.25) is 0 Å². The second-order valence-corrected chi connectivity index (χ2v) is 7.12. The first kappa shape index (κ1) is 17.2. The van der Waals surface area contributed by atoms with Crippen molar-refractivity contribution < 1.29 is 3.07 Å². The zero-order chi connectivity index (χ0) is 18.3. The van der Waals surface area contributed by atoms with Gasteiger partial charge in [0, 0.05) is 16.9 Å². The number of rotatable bonds is 3. The number of anilines is 4. The molecule has 0 N–H and O–H groups in total. The number of fused-ring (bicyclic) bond motifs is 1. The van der Waals surface area contributed by atoms with Gasteiger partial charge >= 0.3 is 0 Å². The van der Waals surface area contributed by atoms with Crippen LogP contribution in [-0.4, -0.2) is 6.17 Å². The summed E-state index contributed by atoms with van der Waals surface area (Å²) < 4.78 is 5.53. The van der Waals surface area contributed by atoms with Crippen molar-refractivity contribution in [2.75, 3.05) is 9.80 Å². The summed E-state index contributed by atoms with van der Waals surface area (Å²) in [5.74, 6) is 0.905. The Hall–Kier alpha value is -2.21. The number of para-hydroxylation sites is 1. The average Bonchev–Trinajstić information content (AvgIpc) is 2.93. The quantitative estimate of drug-likeness (QED) is 0.410. The lowest BCUT2D eigenvalue weighted by Gasteiger charge is -2.31. The van der Waals surface area contributed by atoms with Crippen LogP contribution in [0.15, 0.2) is 66.7 Å². The fourth-order valence-corrected chi connectivity index (χ4v) is 4.25. The topological polar surface area (TPSA) is 15.7 Å². The van der Waals surface area contributed by atoms with Gasteiger partial charge in [-0.05, 0) is 62.7 Å². The Morgan fingerprint density at radius 2 is 1.58 bits per heavy atom. The SMILES string of the molecule is Cc1ccc2c(c1)N(c1ccccc1)[C@H](C)N2c1cccc(OI)c1C. The molecule has 0 spiro atoms. The van der Waals surface area contributed by atoms with E-state index in [9.17, 15) is 0 Å². The summed E-state index contributed by atoms with van der Waals surface area (Å²) in [6, 6.07) is 23.5. The second-order valence-electron chi connectivity index (χ2n) is 6.68.